The van der Waals surface area contributed by atoms with Gasteiger partial charge in [-0.25, -0.2) is 13.2 Å². The summed E-state index contributed by atoms with van der Waals surface area (Å²) in [6.07, 6.45) is 0. The second-order valence-corrected chi connectivity index (χ2v) is 2.35. The summed E-state index contributed by atoms with van der Waals surface area (Å²) in [5.74, 6) is -3.44. The van der Waals surface area contributed by atoms with Crippen LogP contribution in [0.5, 0.6) is 5.75 Å². The molecule has 0 spiro atoms. The van der Waals surface area contributed by atoms with Crippen molar-refractivity contribution in [3.05, 3.63) is 29.3 Å². The third-order valence-corrected chi connectivity index (χ3v) is 1.50. The molecule has 0 N–H and O–H groups in total. The Morgan fingerprint density at radius 3 is 2.36 bits per heavy atom. The Hall–Kier alpha value is -1.33. The van der Waals surface area contributed by atoms with Crippen LogP contribution in [0, 0.1) is 11.6 Å². The van der Waals surface area contributed by atoms with Crippen LogP contribution in [0.15, 0.2) is 12.1 Å². The summed E-state index contributed by atoms with van der Waals surface area (Å²) < 4.78 is 64.7. The molecule has 0 aromatic heterocycles. The lowest BCUT2D eigenvalue weighted by atomic mass is 10.2. The number of rotatable bonds is 3. The van der Waals surface area contributed by atoms with Gasteiger partial charge < -0.3 is 4.74 Å². The molecule has 1 nitrogen and oxygen atoms in total. The molecule has 0 aliphatic carbocycles. The Labute approximate surface area is 76.1 Å². The minimum atomic E-state index is -3.23. The first kappa shape index (κ1) is 10.7. The SMILES string of the molecule is FCc1c(F)ccc(OC(F)F)c1F. The van der Waals surface area contributed by atoms with E-state index in [1.165, 1.54) is 0 Å². The third kappa shape index (κ3) is 2.12. The fraction of sp³-hybridized carbons (Fsp3) is 0.250. The summed E-state index contributed by atoms with van der Waals surface area (Å²) in [6, 6.07) is 1.34. The van der Waals surface area contributed by atoms with Gasteiger partial charge in [0.2, 0.25) is 0 Å². The van der Waals surface area contributed by atoms with E-state index in [1.807, 2.05) is 0 Å². The second-order valence-electron chi connectivity index (χ2n) is 2.35. The normalized spacial score (nSPS) is 10.7. The molecule has 0 unspecified atom stereocenters. The van der Waals surface area contributed by atoms with Gasteiger partial charge in [0, 0.05) is 0 Å². The molecule has 0 saturated heterocycles. The molecule has 0 heterocycles. The first-order chi connectivity index (χ1) is 6.56. The molecule has 1 aromatic rings. The van der Waals surface area contributed by atoms with E-state index in [-0.39, 0.29) is 0 Å². The van der Waals surface area contributed by atoms with E-state index in [9.17, 15) is 22.0 Å². The van der Waals surface area contributed by atoms with E-state index in [2.05, 4.69) is 4.74 Å². The second kappa shape index (κ2) is 4.26. The van der Waals surface area contributed by atoms with E-state index in [0.29, 0.717) is 12.1 Å². The smallest absolute Gasteiger partial charge is 0.387 e. The maximum absolute atomic E-state index is 13.0. The lowest BCUT2D eigenvalue weighted by molar-refractivity contribution is -0.0524. The molecule has 1 rings (SSSR count). The highest BCUT2D eigenvalue weighted by Crippen LogP contribution is 2.25. The van der Waals surface area contributed by atoms with Gasteiger partial charge in [-0.1, -0.05) is 0 Å². The summed E-state index contributed by atoms with van der Waals surface area (Å²) in [7, 11) is 0. The zero-order valence-corrected chi connectivity index (χ0v) is 6.74. The Bertz CT molecular complexity index is 326. The predicted molar refractivity (Wildman–Crippen MR) is 37.8 cm³/mol. The number of hydrogen-bond acceptors (Lipinski definition) is 1. The van der Waals surface area contributed by atoms with Crippen LogP contribution in [-0.2, 0) is 6.67 Å². The topological polar surface area (TPSA) is 9.23 Å². The molecule has 0 atom stereocenters. The van der Waals surface area contributed by atoms with Crippen LogP contribution in [0.25, 0.3) is 0 Å². The van der Waals surface area contributed by atoms with Crippen molar-refractivity contribution in [3.63, 3.8) is 0 Å². The molecule has 0 aliphatic heterocycles. The summed E-state index contributed by atoms with van der Waals surface area (Å²) >= 11 is 0. The van der Waals surface area contributed by atoms with Gasteiger partial charge in [0.05, 0.1) is 5.56 Å². The van der Waals surface area contributed by atoms with Crippen molar-refractivity contribution in [3.8, 4) is 5.75 Å². The summed E-state index contributed by atoms with van der Waals surface area (Å²) in [6.45, 7) is -4.65. The van der Waals surface area contributed by atoms with Crippen LogP contribution < -0.4 is 4.74 Å². The highest BCUT2D eigenvalue weighted by atomic mass is 19.3. The number of ether oxygens (including phenoxy) is 1. The lowest BCUT2D eigenvalue weighted by Crippen LogP contribution is -2.05. The van der Waals surface area contributed by atoms with Gasteiger partial charge in [-0.05, 0) is 12.1 Å². The zero-order chi connectivity index (χ0) is 10.7. The first-order valence-corrected chi connectivity index (χ1v) is 3.54. The van der Waals surface area contributed by atoms with Gasteiger partial charge in [0.1, 0.15) is 12.5 Å². The van der Waals surface area contributed by atoms with Crippen LogP contribution in [0.2, 0.25) is 0 Å². The molecule has 1 aromatic carbocycles. The summed E-state index contributed by atoms with van der Waals surface area (Å²) in [4.78, 5) is 0. The van der Waals surface area contributed by atoms with E-state index in [4.69, 9.17) is 0 Å². The van der Waals surface area contributed by atoms with E-state index < -0.39 is 36.2 Å². The zero-order valence-electron chi connectivity index (χ0n) is 6.74. The average molecular weight is 212 g/mol. The van der Waals surface area contributed by atoms with Gasteiger partial charge in [-0.3, -0.25) is 0 Å². The Morgan fingerprint density at radius 1 is 1.21 bits per heavy atom. The Balaban J connectivity index is 3.08. The molecule has 0 fully saturated rings. The molecule has 14 heavy (non-hydrogen) atoms. The molecule has 0 bridgehead atoms. The number of alkyl halides is 3. The minimum Gasteiger partial charge on any atom is -0.432 e. The van der Waals surface area contributed by atoms with Crippen LogP contribution in [0.3, 0.4) is 0 Å². The van der Waals surface area contributed by atoms with Crippen LogP contribution in [0.1, 0.15) is 5.56 Å². The quantitative estimate of drug-likeness (QED) is 0.699. The molecule has 0 amide bonds. The number of halogens is 5. The number of benzene rings is 1. The highest BCUT2D eigenvalue weighted by Gasteiger charge is 2.16. The van der Waals surface area contributed by atoms with Crippen molar-refractivity contribution >= 4 is 0 Å². The third-order valence-electron chi connectivity index (χ3n) is 1.50. The fourth-order valence-electron chi connectivity index (χ4n) is 0.886. The Kier molecular flexibility index (Phi) is 3.27. The van der Waals surface area contributed by atoms with E-state index in [1.54, 1.807) is 0 Å². The van der Waals surface area contributed by atoms with Gasteiger partial charge >= 0.3 is 6.61 Å². The van der Waals surface area contributed by atoms with Crippen molar-refractivity contribution < 1.29 is 26.7 Å². The van der Waals surface area contributed by atoms with Crippen molar-refractivity contribution in [2.45, 2.75) is 13.3 Å². The monoisotopic (exact) mass is 212 g/mol. The largest absolute Gasteiger partial charge is 0.432 e. The maximum atomic E-state index is 13.0. The highest BCUT2D eigenvalue weighted by molar-refractivity contribution is 5.31. The van der Waals surface area contributed by atoms with E-state index >= 15 is 0 Å². The van der Waals surface area contributed by atoms with Gasteiger partial charge in [-0.2, -0.15) is 8.78 Å². The standard InChI is InChI=1S/C8H5F5O/c9-3-4-5(10)1-2-6(7(4)11)14-8(12)13/h1-2,8H,3H2. The van der Waals surface area contributed by atoms with Gasteiger partial charge in [0.15, 0.2) is 11.6 Å². The summed E-state index contributed by atoms with van der Waals surface area (Å²) in [5.41, 5.74) is -0.914. The number of hydrogen-bond donors (Lipinski definition) is 0. The van der Waals surface area contributed by atoms with Crippen LogP contribution >= 0.6 is 0 Å². The Morgan fingerprint density at radius 2 is 1.86 bits per heavy atom. The molecule has 0 saturated carbocycles. The predicted octanol–water partition coefficient (Wildman–Crippen LogP) is 3.04. The summed E-state index contributed by atoms with van der Waals surface area (Å²) in [5, 5.41) is 0. The van der Waals surface area contributed by atoms with Gasteiger partial charge in [-0.15, -0.1) is 0 Å². The van der Waals surface area contributed by atoms with Crippen LogP contribution in [-0.4, -0.2) is 6.61 Å². The first-order valence-electron chi connectivity index (χ1n) is 3.54. The average Bonchev–Trinajstić information content (AvgIpc) is 2.10. The maximum Gasteiger partial charge on any atom is 0.387 e. The molecular formula is C8H5F5O. The molecule has 6 heteroatoms. The van der Waals surface area contributed by atoms with Crippen molar-refractivity contribution in [1.29, 1.82) is 0 Å². The molecule has 0 radical (unpaired) electrons. The van der Waals surface area contributed by atoms with Crippen molar-refractivity contribution in [2.75, 3.05) is 0 Å². The van der Waals surface area contributed by atoms with Crippen molar-refractivity contribution in [1.82, 2.24) is 0 Å². The lowest BCUT2D eigenvalue weighted by Gasteiger charge is -2.07. The molecule has 78 valence electrons. The van der Waals surface area contributed by atoms with E-state index in [0.717, 1.165) is 0 Å². The minimum absolute atomic E-state index is 0.662. The molecular weight excluding hydrogens is 207 g/mol. The molecule has 0 aliphatic rings. The van der Waals surface area contributed by atoms with Gasteiger partial charge in [0.25, 0.3) is 0 Å². The van der Waals surface area contributed by atoms with Crippen LogP contribution in [0.4, 0.5) is 22.0 Å². The van der Waals surface area contributed by atoms with Crippen molar-refractivity contribution in [2.24, 2.45) is 0 Å². The fourth-order valence-corrected chi connectivity index (χ4v) is 0.886.